The number of rotatable bonds is 6. The van der Waals surface area contributed by atoms with Crippen LogP contribution in [-0.2, 0) is 6.54 Å². The predicted molar refractivity (Wildman–Crippen MR) is 86.1 cm³/mol. The highest BCUT2D eigenvalue weighted by molar-refractivity contribution is 7.99. The Hall–Kier alpha value is -1.56. The van der Waals surface area contributed by atoms with Crippen LogP contribution in [0.3, 0.4) is 0 Å². The summed E-state index contributed by atoms with van der Waals surface area (Å²) in [5, 5.41) is 15.0. The van der Waals surface area contributed by atoms with E-state index in [2.05, 4.69) is 5.32 Å². The normalized spacial score (nSPS) is 10.6. The van der Waals surface area contributed by atoms with Gasteiger partial charge in [-0.1, -0.05) is 48.5 Å². The summed E-state index contributed by atoms with van der Waals surface area (Å²) in [4.78, 5) is 12.3. The molecule has 0 radical (unpaired) electrons. The average molecular weight is 323 g/mol. The van der Waals surface area contributed by atoms with Gasteiger partial charge < -0.3 is 5.32 Å². The maximum absolute atomic E-state index is 11.1. The molecule has 110 valence electrons. The molecule has 0 heterocycles. The van der Waals surface area contributed by atoms with E-state index >= 15 is 0 Å². The second-order valence-electron chi connectivity index (χ2n) is 4.36. The van der Waals surface area contributed by atoms with Crippen molar-refractivity contribution in [1.29, 1.82) is 0 Å². The van der Waals surface area contributed by atoms with Gasteiger partial charge in [0.05, 0.1) is 9.82 Å². The molecular weight excluding hydrogens is 308 g/mol. The quantitative estimate of drug-likeness (QED) is 0.628. The molecule has 0 saturated heterocycles. The van der Waals surface area contributed by atoms with Crippen molar-refractivity contribution in [3.8, 4) is 0 Å². The Labute approximate surface area is 132 Å². The highest BCUT2D eigenvalue weighted by Gasteiger charge is 2.15. The monoisotopic (exact) mass is 322 g/mol. The van der Waals surface area contributed by atoms with Crippen molar-refractivity contribution in [3.63, 3.8) is 0 Å². The van der Waals surface area contributed by atoms with Crippen molar-refractivity contribution in [2.75, 3.05) is 6.54 Å². The van der Waals surface area contributed by atoms with Gasteiger partial charge in [0.15, 0.2) is 0 Å². The van der Waals surface area contributed by atoms with Gasteiger partial charge in [-0.3, -0.25) is 10.1 Å². The van der Waals surface area contributed by atoms with Crippen molar-refractivity contribution >= 4 is 29.1 Å². The smallest absolute Gasteiger partial charge is 0.283 e. The molecule has 0 aromatic heterocycles. The zero-order valence-corrected chi connectivity index (χ0v) is 13.1. The van der Waals surface area contributed by atoms with E-state index in [1.165, 1.54) is 17.8 Å². The molecule has 0 aliphatic carbocycles. The number of nitro groups is 1. The number of nitrogens with zero attached hydrogens (tertiary/aromatic N) is 1. The summed E-state index contributed by atoms with van der Waals surface area (Å²) in [6, 6.07) is 12.3. The van der Waals surface area contributed by atoms with E-state index in [9.17, 15) is 10.1 Å². The van der Waals surface area contributed by atoms with Gasteiger partial charge >= 0.3 is 0 Å². The summed E-state index contributed by atoms with van der Waals surface area (Å²) in [5.74, 6) is 0. The van der Waals surface area contributed by atoms with Crippen LogP contribution >= 0.6 is 23.4 Å². The van der Waals surface area contributed by atoms with E-state index in [-0.39, 0.29) is 10.6 Å². The number of hydrogen-bond donors (Lipinski definition) is 1. The lowest BCUT2D eigenvalue weighted by atomic mass is 10.2. The largest absolute Gasteiger partial charge is 0.313 e. The molecule has 2 aromatic rings. The minimum absolute atomic E-state index is 0.108. The van der Waals surface area contributed by atoms with Crippen LogP contribution in [0.15, 0.2) is 52.3 Å². The van der Waals surface area contributed by atoms with Gasteiger partial charge in [0.1, 0.15) is 0 Å². The lowest BCUT2D eigenvalue weighted by molar-refractivity contribution is -0.387. The van der Waals surface area contributed by atoms with Gasteiger partial charge in [-0.15, -0.1) is 0 Å². The summed E-state index contributed by atoms with van der Waals surface area (Å²) in [7, 11) is 0. The minimum atomic E-state index is -0.364. The van der Waals surface area contributed by atoms with Gasteiger partial charge in [-0.25, -0.2) is 0 Å². The molecule has 0 aliphatic heterocycles. The predicted octanol–water partition coefficient (Wildman–Crippen LogP) is 4.51. The molecule has 0 fully saturated rings. The first-order valence-corrected chi connectivity index (χ1v) is 7.71. The second kappa shape index (κ2) is 7.45. The highest BCUT2D eigenvalue weighted by atomic mass is 35.5. The molecule has 4 nitrogen and oxygen atoms in total. The van der Waals surface area contributed by atoms with E-state index in [0.29, 0.717) is 16.5 Å². The topological polar surface area (TPSA) is 55.2 Å². The lowest BCUT2D eigenvalue weighted by Gasteiger charge is -2.10. The van der Waals surface area contributed by atoms with Gasteiger partial charge in [-0.2, -0.15) is 0 Å². The second-order valence-corrected chi connectivity index (χ2v) is 5.88. The zero-order chi connectivity index (χ0) is 15.2. The fraction of sp³-hybridized carbons (Fsp3) is 0.200. The van der Waals surface area contributed by atoms with E-state index in [1.807, 2.05) is 25.1 Å². The molecule has 0 spiro atoms. The first kappa shape index (κ1) is 15.8. The molecular formula is C15H15ClN2O2S. The number of benzene rings is 2. The number of halogens is 1. The Bertz CT molecular complexity index is 649. The number of nitro benzene ring substituents is 1. The lowest BCUT2D eigenvalue weighted by Crippen LogP contribution is -2.12. The van der Waals surface area contributed by atoms with Crippen molar-refractivity contribution in [2.24, 2.45) is 0 Å². The summed E-state index contributed by atoms with van der Waals surface area (Å²) < 4.78 is 0. The number of nitrogens with one attached hydrogen (secondary N) is 1. The van der Waals surface area contributed by atoms with Crippen molar-refractivity contribution < 1.29 is 4.92 Å². The summed E-state index contributed by atoms with van der Waals surface area (Å²) in [6.45, 7) is 3.60. The van der Waals surface area contributed by atoms with Crippen molar-refractivity contribution in [2.45, 2.75) is 23.3 Å². The van der Waals surface area contributed by atoms with Crippen LogP contribution in [0.25, 0.3) is 0 Å². The third-order valence-electron chi connectivity index (χ3n) is 2.88. The Kier molecular flexibility index (Phi) is 5.61. The highest BCUT2D eigenvalue weighted by Crippen LogP contribution is 2.37. The maximum atomic E-state index is 11.1. The molecule has 0 atom stereocenters. The maximum Gasteiger partial charge on any atom is 0.283 e. The summed E-state index contributed by atoms with van der Waals surface area (Å²) in [5.41, 5.74) is 1.18. The molecule has 6 heteroatoms. The van der Waals surface area contributed by atoms with Crippen LogP contribution in [0.1, 0.15) is 12.5 Å². The Morgan fingerprint density at radius 2 is 2.00 bits per heavy atom. The van der Waals surface area contributed by atoms with Crippen LogP contribution in [0.2, 0.25) is 5.02 Å². The molecule has 0 amide bonds. The van der Waals surface area contributed by atoms with Crippen LogP contribution in [0, 0.1) is 10.1 Å². The summed E-state index contributed by atoms with van der Waals surface area (Å²) >= 11 is 7.42. The van der Waals surface area contributed by atoms with Crippen molar-refractivity contribution in [3.05, 3.63) is 63.2 Å². The Morgan fingerprint density at radius 1 is 1.24 bits per heavy atom. The van der Waals surface area contributed by atoms with E-state index in [0.717, 1.165) is 17.0 Å². The molecule has 21 heavy (non-hydrogen) atoms. The molecule has 0 aliphatic rings. The molecule has 2 aromatic carbocycles. The average Bonchev–Trinajstić information content (AvgIpc) is 2.47. The third-order valence-corrected chi connectivity index (χ3v) is 4.28. The van der Waals surface area contributed by atoms with Crippen molar-refractivity contribution in [1.82, 2.24) is 5.32 Å². The van der Waals surface area contributed by atoms with E-state index < -0.39 is 0 Å². The standard InChI is InChI=1S/C15H15ClN2O2S/c1-2-17-10-11-7-8-12(16)9-15(11)21-14-6-4-3-5-13(14)18(19)20/h3-9,17H,2,10H2,1H3. The van der Waals surface area contributed by atoms with Gasteiger partial charge in [-0.05, 0) is 30.3 Å². The SMILES string of the molecule is CCNCc1ccc(Cl)cc1Sc1ccccc1[N+](=O)[O-]. The molecule has 2 rings (SSSR count). The zero-order valence-electron chi connectivity index (χ0n) is 11.5. The molecule has 1 N–H and O–H groups in total. The van der Waals surface area contributed by atoms with Gasteiger partial charge in [0.25, 0.3) is 5.69 Å². The van der Waals surface area contributed by atoms with Crippen LogP contribution in [0.4, 0.5) is 5.69 Å². The Morgan fingerprint density at radius 3 is 2.71 bits per heavy atom. The van der Waals surface area contributed by atoms with E-state index in [4.69, 9.17) is 11.6 Å². The number of para-hydroxylation sites is 1. The first-order chi connectivity index (χ1) is 10.1. The third kappa shape index (κ3) is 4.20. The van der Waals surface area contributed by atoms with E-state index in [1.54, 1.807) is 18.2 Å². The fourth-order valence-corrected chi connectivity index (χ4v) is 3.17. The molecule has 0 saturated carbocycles. The molecule has 0 unspecified atom stereocenters. The van der Waals surface area contributed by atoms with Crippen LogP contribution in [-0.4, -0.2) is 11.5 Å². The van der Waals surface area contributed by atoms with Crippen LogP contribution < -0.4 is 5.32 Å². The fourth-order valence-electron chi connectivity index (χ4n) is 1.84. The number of hydrogen-bond acceptors (Lipinski definition) is 4. The minimum Gasteiger partial charge on any atom is -0.313 e. The Balaban J connectivity index is 2.34. The van der Waals surface area contributed by atoms with Gasteiger partial charge in [0.2, 0.25) is 0 Å². The van der Waals surface area contributed by atoms with Crippen LogP contribution in [0.5, 0.6) is 0 Å². The van der Waals surface area contributed by atoms with Gasteiger partial charge in [0, 0.05) is 22.5 Å². The molecule has 0 bridgehead atoms. The first-order valence-electron chi connectivity index (χ1n) is 6.52. The summed E-state index contributed by atoms with van der Waals surface area (Å²) in [6.07, 6.45) is 0.